The van der Waals surface area contributed by atoms with Crippen LogP contribution in [0.5, 0.6) is 5.75 Å². The van der Waals surface area contributed by atoms with Gasteiger partial charge in [0.15, 0.2) is 4.80 Å². The molecule has 43 heavy (non-hydrogen) atoms. The van der Waals surface area contributed by atoms with E-state index >= 15 is 0 Å². The second-order valence-corrected chi connectivity index (χ2v) is 11.0. The van der Waals surface area contributed by atoms with Gasteiger partial charge < -0.3 is 14.2 Å². The molecule has 0 unspecified atom stereocenters. The molecule has 1 aromatic heterocycles. The Morgan fingerprint density at radius 3 is 2.42 bits per heavy atom. The molecular formula is C33H29ClN2O6S. The van der Waals surface area contributed by atoms with E-state index in [4.69, 9.17) is 25.8 Å². The molecule has 4 aromatic rings. The van der Waals surface area contributed by atoms with Crippen LogP contribution in [-0.2, 0) is 20.9 Å². The summed E-state index contributed by atoms with van der Waals surface area (Å²) < 4.78 is 18.3. The third-order valence-corrected chi connectivity index (χ3v) is 8.07. The van der Waals surface area contributed by atoms with Gasteiger partial charge in [0.05, 0.1) is 34.6 Å². The molecule has 2 heterocycles. The molecule has 1 atom stereocenters. The maximum absolute atomic E-state index is 13.9. The number of benzene rings is 3. The lowest BCUT2D eigenvalue weighted by molar-refractivity contribution is -0.139. The fourth-order valence-corrected chi connectivity index (χ4v) is 6.03. The summed E-state index contributed by atoms with van der Waals surface area (Å²) in [6.45, 7) is 6.03. The summed E-state index contributed by atoms with van der Waals surface area (Å²) >= 11 is 7.81. The topological polar surface area (TPSA) is 96.2 Å². The fraction of sp³-hybridized carbons (Fsp3) is 0.212. The standard InChI is InChI=1S/C33H29ClN2O6S/c1-4-40-31(38)23-15-13-21(14-16-23)19-42-24-10-8-9-22(17-24)18-27-30(37)36-29(25-11-6-7-12-26(25)34)28(32(39)41-5-2)20(3)35-33(36)43-27/h6-18,29H,4-5,19H2,1-3H3/b27-18-/t29-/m1/s1. The Labute approximate surface area is 257 Å². The SMILES string of the molecule is CCOC(=O)C1=C(C)N=c2s/c(=C\c3cccc(OCc4ccc(C(=O)OCC)cc4)c3)c(=O)n2[C@@H]1c1ccccc1Cl. The zero-order valence-corrected chi connectivity index (χ0v) is 25.4. The van der Waals surface area contributed by atoms with Crippen molar-refractivity contribution in [3.8, 4) is 5.75 Å². The van der Waals surface area contributed by atoms with E-state index in [2.05, 4.69) is 4.99 Å². The Hall–Kier alpha value is -4.47. The third-order valence-electron chi connectivity index (χ3n) is 6.74. The minimum atomic E-state index is -0.781. The van der Waals surface area contributed by atoms with Crippen LogP contribution in [0.25, 0.3) is 6.08 Å². The van der Waals surface area contributed by atoms with E-state index in [-0.39, 0.29) is 23.7 Å². The average molecular weight is 617 g/mol. The summed E-state index contributed by atoms with van der Waals surface area (Å²) in [4.78, 5) is 43.9. The summed E-state index contributed by atoms with van der Waals surface area (Å²) in [6.07, 6.45) is 1.78. The lowest BCUT2D eigenvalue weighted by atomic mass is 9.96. The lowest BCUT2D eigenvalue weighted by Crippen LogP contribution is -2.40. The van der Waals surface area contributed by atoms with Crippen LogP contribution >= 0.6 is 22.9 Å². The van der Waals surface area contributed by atoms with Gasteiger partial charge in [-0.1, -0.05) is 65.4 Å². The van der Waals surface area contributed by atoms with Crippen molar-refractivity contribution in [3.05, 3.63) is 131 Å². The number of ether oxygens (including phenoxy) is 3. The molecule has 0 saturated heterocycles. The minimum absolute atomic E-state index is 0.187. The number of hydrogen-bond donors (Lipinski definition) is 0. The third kappa shape index (κ3) is 6.48. The number of allylic oxidation sites excluding steroid dienone is 1. The Bertz CT molecular complexity index is 1890. The van der Waals surface area contributed by atoms with Crippen LogP contribution in [0, 0.1) is 0 Å². The van der Waals surface area contributed by atoms with E-state index in [0.717, 1.165) is 11.1 Å². The van der Waals surface area contributed by atoms with Crippen LogP contribution < -0.4 is 19.6 Å². The van der Waals surface area contributed by atoms with Gasteiger partial charge in [0.2, 0.25) is 0 Å². The van der Waals surface area contributed by atoms with Gasteiger partial charge >= 0.3 is 11.9 Å². The number of thiazole rings is 1. The van der Waals surface area contributed by atoms with Crippen molar-refractivity contribution in [2.45, 2.75) is 33.4 Å². The highest BCUT2D eigenvalue weighted by Crippen LogP contribution is 2.34. The predicted molar refractivity (Wildman–Crippen MR) is 165 cm³/mol. The molecule has 3 aromatic carbocycles. The monoisotopic (exact) mass is 616 g/mol. The summed E-state index contributed by atoms with van der Waals surface area (Å²) in [5.41, 5.74) is 3.20. The van der Waals surface area contributed by atoms with Crippen LogP contribution in [-0.4, -0.2) is 29.7 Å². The lowest BCUT2D eigenvalue weighted by Gasteiger charge is -2.25. The largest absolute Gasteiger partial charge is 0.489 e. The molecule has 8 nitrogen and oxygen atoms in total. The molecule has 0 fully saturated rings. The molecule has 0 amide bonds. The van der Waals surface area contributed by atoms with Crippen LogP contribution in [0.4, 0.5) is 0 Å². The molecular weight excluding hydrogens is 588 g/mol. The fourth-order valence-electron chi connectivity index (χ4n) is 4.75. The van der Waals surface area contributed by atoms with Crippen molar-refractivity contribution in [3.63, 3.8) is 0 Å². The first-order valence-electron chi connectivity index (χ1n) is 13.7. The number of halogens is 1. The van der Waals surface area contributed by atoms with Crippen LogP contribution in [0.3, 0.4) is 0 Å². The molecule has 0 radical (unpaired) electrons. The van der Waals surface area contributed by atoms with E-state index < -0.39 is 12.0 Å². The van der Waals surface area contributed by atoms with E-state index in [1.54, 1.807) is 57.2 Å². The molecule has 10 heteroatoms. The number of carbonyl (C=O) groups is 2. The second-order valence-electron chi connectivity index (χ2n) is 9.60. The van der Waals surface area contributed by atoms with E-state index in [0.29, 0.717) is 50.1 Å². The molecule has 220 valence electrons. The second kappa shape index (κ2) is 13.2. The quantitative estimate of drug-likeness (QED) is 0.240. The number of hydrogen-bond acceptors (Lipinski definition) is 8. The molecule has 0 aliphatic carbocycles. The molecule has 5 rings (SSSR count). The number of aromatic nitrogens is 1. The van der Waals surface area contributed by atoms with E-state index in [1.807, 2.05) is 42.5 Å². The first-order valence-corrected chi connectivity index (χ1v) is 14.9. The summed E-state index contributed by atoms with van der Waals surface area (Å²) in [5, 5.41) is 0.430. The van der Waals surface area contributed by atoms with Crippen molar-refractivity contribution in [1.29, 1.82) is 0 Å². The van der Waals surface area contributed by atoms with Crippen molar-refractivity contribution in [2.75, 3.05) is 13.2 Å². The van der Waals surface area contributed by atoms with E-state index in [1.165, 1.54) is 15.9 Å². The van der Waals surface area contributed by atoms with Gasteiger partial charge in [0.1, 0.15) is 18.4 Å². The van der Waals surface area contributed by atoms with Crippen LogP contribution in [0.2, 0.25) is 5.02 Å². The molecule has 1 aliphatic rings. The first kappa shape index (κ1) is 30.0. The average Bonchev–Trinajstić information content (AvgIpc) is 3.30. The molecule has 0 saturated carbocycles. The Balaban J connectivity index is 1.46. The molecule has 0 spiro atoms. The van der Waals surface area contributed by atoms with Crippen molar-refractivity contribution in [1.82, 2.24) is 4.57 Å². The summed E-state index contributed by atoms with van der Waals surface area (Å²) in [7, 11) is 0. The predicted octanol–water partition coefficient (Wildman–Crippen LogP) is 5.21. The van der Waals surface area contributed by atoms with Gasteiger partial charge in [0.25, 0.3) is 5.56 Å². The first-order chi connectivity index (χ1) is 20.8. The van der Waals surface area contributed by atoms with Gasteiger partial charge in [-0.3, -0.25) is 9.36 Å². The smallest absolute Gasteiger partial charge is 0.338 e. The van der Waals surface area contributed by atoms with Crippen molar-refractivity contribution >= 4 is 41.0 Å². The molecule has 1 aliphatic heterocycles. The molecule has 0 bridgehead atoms. The number of rotatable bonds is 9. The Morgan fingerprint density at radius 2 is 1.70 bits per heavy atom. The summed E-state index contributed by atoms with van der Waals surface area (Å²) in [5.74, 6) is -0.285. The highest BCUT2D eigenvalue weighted by atomic mass is 35.5. The number of nitrogens with zero attached hydrogens (tertiary/aromatic N) is 2. The maximum Gasteiger partial charge on any atom is 0.338 e. The maximum atomic E-state index is 13.9. The van der Waals surface area contributed by atoms with Crippen LogP contribution in [0.1, 0.15) is 53.9 Å². The number of carbonyl (C=O) groups excluding carboxylic acids is 2. The zero-order valence-electron chi connectivity index (χ0n) is 23.8. The Kier molecular flexibility index (Phi) is 9.23. The van der Waals surface area contributed by atoms with Crippen molar-refractivity contribution in [2.24, 2.45) is 4.99 Å². The normalized spacial score (nSPS) is 14.6. The van der Waals surface area contributed by atoms with Gasteiger partial charge in [-0.05, 0) is 73.9 Å². The van der Waals surface area contributed by atoms with E-state index in [9.17, 15) is 14.4 Å². The highest BCUT2D eigenvalue weighted by Gasteiger charge is 2.34. The van der Waals surface area contributed by atoms with Crippen molar-refractivity contribution < 1.29 is 23.8 Å². The highest BCUT2D eigenvalue weighted by molar-refractivity contribution is 7.07. The molecule has 0 N–H and O–H groups in total. The van der Waals surface area contributed by atoms with Gasteiger partial charge in [0, 0.05) is 5.02 Å². The Morgan fingerprint density at radius 1 is 0.977 bits per heavy atom. The van der Waals surface area contributed by atoms with Gasteiger partial charge in [-0.2, -0.15) is 0 Å². The zero-order chi connectivity index (χ0) is 30.5. The number of esters is 2. The summed E-state index contributed by atoms with van der Waals surface area (Å²) in [6, 6.07) is 20.8. The van der Waals surface area contributed by atoms with Gasteiger partial charge in [-0.25, -0.2) is 14.6 Å². The number of fused-ring (bicyclic) bond motifs is 1. The minimum Gasteiger partial charge on any atom is -0.489 e. The van der Waals surface area contributed by atoms with Gasteiger partial charge in [-0.15, -0.1) is 0 Å². The van der Waals surface area contributed by atoms with Crippen LogP contribution in [0.15, 0.2) is 93.9 Å².